The number of carbonyl (C=O) groups is 1. The third-order valence-corrected chi connectivity index (χ3v) is 4.46. The zero-order chi connectivity index (χ0) is 16.1. The number of nitrogens with zero attached hydrogens (tertiary/aromatic N) is 2. The van der Waals surface area contributed by atoms with Crippen LogP contribution in [0.25, 0.3) is 0 Å². The molecule has 1 aromatic rings. The molecular weight excluding hydrogens is 346 g/mol. The van der Waals surface area contributed by atoms with Crippen LogP contribution in [0.2, 0.25) is 0 Å². The highest BCUT2D eigenvalue weighted by Gasteiger charge is 2.36. The van der Waals surface area contributed by atoms with Gasteiger partial charge in [-0.1, -0.05) is 35.0 Å². The van der Waals surface area contributed by atoms with Crippen molar-refractivity contribution in [2.24, 2.45) is 16.8 Å². The molecule has 1 fully saturated rings. The van der Waals surface area contributed by atoms with Gasteiger partial charge in [0.25, 0.3) is 0 Å². The number of carbonyl (C=O) groups excluding carboxylic acids is 1. The molecule has 0 saturated carbocycles. The van der Waals surface area contributed by atoms with Gasteiger partial charge < -0.3 is 15.0 Å². The van der Waals surface area contributed by atoms with Gasteiger partial charge in [-0.25, -0.2) is 0 Å². The topological polar surface area (TPSA) is 53.9 Å². The first-order valence-corrected chi connectivity index (χ1v) is 8.12. The number of esters is 1. The second-order valence-corrected chi connectivity index (χ2v) is 6.46. The normalized spacial score (nSPS) is 21.8. The molecule has 1 aromatic carbocycles. The first-order valence-electron chi connectivity index (χ1n) is 7.33. The number of hydrogen-bond acceptors (Lipinski definition) is 3. The van der Waals surface area contributed by atoms with E-state index in [0.29, 0.717) is 13.1 Å². The van der Waals surface area contributed by atoms with Crippen LogP contribution in [-0.4, -0.2) is 44.1 Å². The van der Waals surface area contributed by atoms with Crippen molar-refractivity contribution in [3.8, 4) is 0 Å². The molecule has 2 rings (SSSR count). The highest BCUT2D eigenvalue weighted by Crippen LogP contribution is 2.24. The molecule has 1 saturated heterocycles. The van der Waals surface area contributed by atoms with Crippen LogP contribution >= 0.6 is 15.9 Å². The Hall–Kier alpha value is -1.56. The second-order valence-electron chi connectivity index (χ2n) is 5.54. The first kappa shape index (κ1) is 16.8. The molecule has 6 heteroatoms. The third-order valence-electron chi connectivity index (χ3n) is 3.97. The Labute approximate surface area is 139 Å². The van der Waals surface area contributed by atoms with Crippen molar-refractivity contribution in [2.45, 2.75) is 13.5 Å². The Balaban J connectivity index is 1.97. The van der Waals surface area contributed by atoms with E-state index in [1.54, 1.807) is 7.05 Å². The fourth-order valence-corrected chi connectivity index (χ4v) is 3.20. The van der Waals surface area contributed by atoms with E-state index in [-0.39, 0.29) is 17.8 Å². The van der Waals surface area contributed by atoms with Crippen LogP contribution in [0, 0.1) is 11.8 Å². The molecule has 1 aliphatic heterocycles. The monoisotopic (exact) mass is 367 g/mol. The molecule has 0 bridgehead atoms. The summed E-state index contributed by atoms with van der Waals surface area (Å²) in [5, 5.41) is 3.36. The van der Waals surface area contributed by atoms with E-state index in [4.69, 9.17) is 4.74 Å². The van der Waals surface area contributed by atoms with Gasteiger partial charge in [-0.3, -0.25) is 9.79 Å². The molecule has 0 amide bonds. The molecule has 0 aromatic heterocycles. The van der Waals surface area contributed by atoms with Crippen LogP contribution in [-0.2, 0) is 16.1 Å². The number of hydrogen-bond donors (Lipinski definition) is 1. The standard InChI is InChI=1S/C16H22BrN3O2/c1-11-9-20(10-14(11)15(21)22-3)16(18-2)19-8-12-5-4-6-13(17)7-12/h4-7,11,14H,8-10H2,1-3H3,(H,18,19). The van der Waals surface area contributed by atoms with Crippen molar-refractivity contribution in [1.82, 2.24) is 10.2 Å². The predicted octanol–water partition coefficient (Wildman–Crippen LogP) is 2.27. The van der Waals surface area contributed by atoms with Crippen molar-refractivity contribution in [1.29, 1.82) is 0 Å². The predicted molar refractivity (Wildman–Crippen MR) is 90.6 cm³/mol. The maximum atomic E-state index is 11.8. The van der Waals surface area contributed by atoms with Gasteiger partial charge in [0.05, 0.1) is 13.0 Å². The lowest BCUT2D eigenvalue weighted by Gasteiger charge is -2.21. The smallest absolute Gasteiger partial charge is 0.310 e. The Morgan fingerprint density at radius 1 is 1.50 bits per heavy atom. The lowest BCUT2D eigenvalue weighted by Crippen LogP contribution is -2.40. The number of ether oxygens (including phenoxy) is 1. The molecule has 1 heterocycles. The van der Waals surface area contributed by atoms with Crippen LogP contribution in [0.4, 0.5) is 0 Å². The average molecular weight is 368 g/mol. The number of aliphatic imine (C=N–C) groups is 1. The summed E-state index contributed by atoms with van der Waals surface area (Å²) in [6, 6.07) is 8.15. The van der Waals surface area contributed by atoms with E-state index in [1.165, 1.54) is 12.7 Å². The Morgan fingerprint density at radius 3 is 2.91 bits per heavy atom. The van der Waals surface area contributed by atoms with E-state index in [2.05, 4.69) is 50.2 Å². The highest BCUT2D eigenvalue weighted by atomic mass is 79.9. The molecule has 2 unspecified atom stereocenters. The van der Waals surface area contributed by atoms with Gasteiger partial charge in [-0.2, -0.15) is 0 Å². The van der Waals surface area contributed by atoms with Gasteiger partial charge in [-0.15, -0.1) is 0 Å². The van der Waals surface area contributed by atoms with E-state index < -0.39 is 0 Å². The Morgan fingerprint density at radius 2 is 2.27 bits per heavy atom. The van der Waals surface area contributed by atoms with Crippen LogP contribution in [0.1, 0.15) is 12.5 Å². The number of likely N-dealkylation sites (tertiary alicyclic amines) is 1. The summed E-state index contributed by atoms with van der Waals surface area (Å²) in [6.07, 6.45) is 0. The minimum atomic E-state index is -0.141. The quantitative estimate of drug-likeness (QED) is 0.505. The van der Waals surface area contributed by atoms with E-state index >= 15 is 0 Å². The maximum Gasteiger partial charge on any atom is 0.310 e. The van der Waals surface area contributed by atoms with Crippen molar-refractivity contribution in [2.75, 3.05) is 27.2 Å². The largest absolute Gasteiger partial charge is 0.469 e. The summed E-state index contributed by atoms with van der Waals surface area (Å²) in [6.45, 7) is 4.22. The fourth-order valence-electron chi connectivity index (χ4n) is 2.76. The molecule has 120 valence electrons. The van der Waals surface area contributed by atoms with Gasteiger partial charge in [0.1, 0.15) is 0 Å². The number of nitrogens with one attached hydrogen (secondary N) is 1. The van der Waals surface area contributed by atoms with Gasteiger partial charge in [0.2, 0.25) is 0 Å². The van der Waals surface area contributed by atoms with Gasteiger partial charge in [0.15, 0.2) is 5.96 Å². The SMILES string of the molecule is CN=C(NCc1cccc(Br)c1)N1CC(C)C(C(=O)OC)C1. The number of guanidine groups is 1. The molecular formula is C16H22BrN3O2. The zero-order valence-corrected chi connectivity index (χ0v) is 14.8. The maximum absolute atomic E-state index is 11.8. The summed E-state index contributed by atoms with van der Waals surface area (Å²) in [5.74, 6) is 0.849. The average Bonchev–Trinajstić information content (AvgIpc) is 2.89. The molecule has 1 aliphatic rings. The molecule has 0 radical (unpaired) electrons. The summed E-state index contributed by atoms with van der Waals surface area (Å²) < 4.78 is 5.94. The van der Waals surface area contributed by atoms with Gasteiger partial charge in [0, 0.05) is 31.2 Å². The molecule has 22 heavy (non-hydrogen) atoms. The van der Waals surface area contributed by atoms with Gasteiger partial charge in [-0.05, 0) is 23.6 Å². The van der Waals surface area contributed by atoms with E-state index in [0.717, 1.165) is 17.0 Å². The molecule has 0 spiro atoms. The summed E-state index contributed by atoms with van der Waals surface area (Å²) in [4.78, 5) is 18.2. The fraction of sp³-hybridized carbons (Fsp3) is 0.500. The number of rotatable bonds is 3. The summed E-state index contributed by atoms with van der Waals surface area (Å²) in [7, 11) is 3.21. The Bertz CT molecular complexity index is 562. The van der Waals surface area contributed by atoms with Crippen LogP contribution in [0.15, 0.2) is 33.7 Å². The summed E-state index contributed by atoms with van der Waals surface area (Å²) >= 11 is 3.47. The lowest BCUT2D eigenvalue weighted by atomic mass is 9.99. The molecule has 0 aliphatic carbocycles. The van der Waals surface area contributed by atoms with E-state index in [1.807, 2.05) is 12.1 Å². The van der Waals surface area contributed by atoms with Crippen molar-refractivity contribution in [3.05, 3.63) is 34.3 Å². The van der Waals surface area contributed by atoms with Crippen LogP contribution in [0.5, 0.6) is 0 Å². The van der Waals surface area contributed by atoms with Gasteiger partial charge >= 0.3 is 5.97 Å². The number of methoxy groups -OCH3 is 1. The van der Waals surface area contributed by atoms with Crippen LogP contribution < -0.4 is 5.32 Å². The minimum absolute atomic E-state index is 0.0885. The summed E-state index contributed by atoms with van der Waals surface area (Å²) in [5.41, 5.74) is 1.17. The van der Waals surface area contributed by atoms with Crippen molar-refractivity contribution < 1.29 is 9.53 Å². The minimum Gasteiger partial charge on any atom is -0.469 e. The van der Waals surface area contributed by atoms with Crippen LogP contribution in [0.3, 0.4) is 0 Å². The van der Waals surface area contributed by atoms with E-state index in [9.17, 15) is 4.79 Å². The molecule has 2 atom stereocenters. The van der Waals surface area contributed by atoms with Crippen molar-refractivity contribution >= 4 is 27.9 Å². The zero-order valence-electron chi connectivity index (χ0n) is 13.2. The second kappa shape index (κ2) is 7.63. The third kappa shape index (κ3) is 4.00. The number of benzene rings is 1. The lowest BCUT2D eigenvalue weighted by molar-refractivity contribution is -0.145. The highest BCUT2D eigenvalue weighted by molar-refractivity contribution is 9.10. The molecule has 1 N–H and O–H groups in total. The first-order chi connectivity index (χ1) is 10.5. The number of halogens is 1. The van der Waals surface area contributed by atoms with Crippen molar-refractivity contribution in [3.63, 3.8) is 0 Å². The molecule has 5 nitrogen and oxygen atoms in total. The Kier molecular flexibility index (Phi) is 5.83.